The van der Waals surface area contributed by atoms with Crippen LogP contribution in [0.15, 0.2) is 24.3 Å². The minimum atomic E-state index is -0.131. The third-order valence-corrected chi connectivity index (χ3v) is 2.61. The highest BCUT2D eigenvalue weighted by atomic mass is 35.5. The van der Waals surface area contributed by atoms with Gasteiger partial charge in [-0.1, -0.05) is 23.7 Å². The van der Waals surface area contributed by atoms with Crippen LogP contribution < -0.4 is 10.1 Å². The lowest BCUT2D eigenvalue weighted by Gasteiger charge is -2.10. The molecule has 0 aliphatic heterocycles. The molecule has 4 nitrogen and oxygen atoms in total. The molecule has 1 aromatic carbocycles. The standard InChI is InChI=1S/C13H19ClN2O2/c1-16(2)9-5-8-15-13(17)10-18-12-7-4-3-6-11(12)14/h3-4,6-7H,5,8-10H2,1-2H3,(H,15,17). The van der Waals surface area contributed by atoms with Gasteiger partial charge in [-0.25, -0.2) is 0 Å². The summed E-state index contributed by atoms with van der Waals surface area (Å²) in [6, 6.07) is 7.10. The lowest BCUT2D eigenvalue weighted by Crippen LogP contribution is -2.31. The minimum absolute atomic E-state index is 0.00824. The van der Waals surface area contributed by atoms with E-state index in [0.717, 1.165) is 13.0 Å². The predicted octanol–water partition coefficient (Wildman–Crippen LogP) is 1.79. The van der Waals surface area contributed by atoms with Crippen LogP contribution in [0.25, 0.3) is 0 Å². The monoisotopic (exact) mass is 270 g/mol. The van der Waals surface area contributed by atoms with E-state index in [9.17, 15) is 4.79 Å². The number of hydrogen-bond acceptors (Lipinski definition) is 3. The fourth-order valence-electron chi connectivity index (χ4n) is 1.38. The second-order valence-electron chi connectivity index (χ2n) is 4.23. The molecule has 0 heterocycles. The van der Waals surface area contributed by atoms with Gasteiger partial charge in [0.15, 0.2) is 6.61 Å². The Balaban J connectivity index is 2.19. The molecule has 0 bridgehead atoms. The molecule has 0 unspecified atom stereocenters. The number of rotatable bonds is 7. The summed E-state index contributed by atoms with van der Waals surface area (Å²) in [7, 11) is 4.00. The number of nitrogens with zero attached hydrogens (tertiary/aromatic N) is 1. The Morgan fingerprint density at radius 3 is 2.78 bits per heavy atom. The van der Waals surface area contributed by atoms with Crippen molar-refractivity contribution >= 4 is 17.5 Å². The highest BCUT2D eigenvalue weighted by molar-refractivity contribution is 6.32. The van der Waals surface area contributed by atoms with Crippen molar-refractivity contribution in [2.24, 2.45) is 0 Å². The molecule has 0 aliphatic carbocycles. The maximum absolute atomic E-state index is 11.5. The quantitative estimate of drug-likeness (QED) is 0.768. The summed E-state index contributed by atoms with van der Waals surface area (Å²) in [4.78, 5) is 13.6. The lowest BCUT2D eigenvalue weighted by atomic mass is 10.3. The van der Waals surface area contributed by atoms with E-state index in [1.54, 1.807) is 12.1 Å². The van der Waals surface area contributed by atoms with Crippen LogP contribution in [0.2, 0.25) is 5.02 Å². The zero-order valence-corrected chi connectivity index (χ0v) is 11.5. The lowest BCUT2D eigenvalue weighted by molar-refractivity contribution is -0.123. The number of carbonyl (C=O) groups is 1. The second-order valence-corrected chi connectivity index (χ2v) is 4.63. The van der Waals surface area contributed by atoms with Crippen LogP contribution in [0.1, 0.15) is 6.42 Å². The van der Waals surface area contributed by atoms with Gasteiger partial charge < -0.3 is 15.0 Å². The van der Waals surface area contributed by atoms with Gasteiger partial charge in [-0.05, 0) is 39.2 Å². The first-order valence-corrected chi connectivity index (χ1v) is 6.26. The van der Waals surface area contributed by atoms with Gasteiger partial charge in [-0.3, -0.25) is 4.79 Å². The highest BCUT2D eigenvalue weighted by Crippen LogP contribution is 2.22. The third kappa shape index (κ3) is 5.89. The van der Waals surface area contributed by atoms with Crippen molar-refractivity contribution in [3.63, 3.8) is 0 Å². The molecule has 1 rings (SSSR count). The average Bonchev–Trinajstić information content (AvgIpc) is 2.33. The van der Waals surface area contributed by atoms with Gasteiger partial charge in [0.2, 0.25) is 0 Å². The Bertz CT molecular complexity index is 383. The second kappa shape index (κ2) is 7.95. The van der Waals surface area contributed by atoms with Crippen LogP contribution in [0.5, 0.6) is 5.75 Å². The molecule has 18 heavy (non-hydrogen) atoms. The maximum atomic E-state index is 11.5. The summed E-state index contributed by atoms with van der Waals surface area (Å²) in [5, 5.41) is 3.31. The Morgan fingerprint density at radius 1 is 1.39 bits per heavy atom. The summed E-state index contributed by atoms with van der Waals surface area (Å²) in [5.74, 6) is 0.399. The van der Waals surface area contributed by atoms with Gasteiger partial charge in [0.05, 0.1) is 5.02 Å². The van der Waals surface area contributed by atoms with Crippen LogP contribution in [0, 0.1) is 0 Å². The Hall–Kier alpha value is -1.26. The van der Waals surface area contributed by atoms with Crippen molar-refractivity contribution in [1.29, 1.82) is 0 Å². The van der Waals surface area contributed by atoms with E-state index in [-0.39, 0.29) is 12.5 Å². The highest BCUT2D eigenvalue weighted by Gasteiger charge is 2.04. The van der Waals surface area contributed by atoms with Crippen molar-refractivity contribution in [2.45, 2.75) is 6.42 Å². The maximum Gasteiger partial charge on any atom is 0.257 e. The van der Waals surface area contributed by atoms with Gasteiger partial charge >= 0.3 is 0 Å². The van der Waals surface area contributed by atoms with Crippen LogP contribution >= 0.6 is 11.6 Å². The van der Waals surface area contributed by atoms with Crippen LogP contribution in [-0.4, -0.2) is 44.6 Å². The smallest absolute Gasteiger partial charge is 0.257 e. The molecule has 0 spiro atoms. The van der Waals surface area contributed by atoms with Crippen LogP contribution in [0.3, 0.4) is 0 Å². The first-order valence-electron chi connectivity index (χ1n) is 5.88. The molecule has 0 saturated carbocycles. The normalized spacial score (nSPS) is 10.4. The SMILES string of the molecule is CN(C)CCCNC(=O)COc1ccccc1Cl. The molecule has 1 aromatic rings. The van der Waals surface area contributed by atoms with Crippen molar-refractivity contribution in [3.8, 4) is 5.75 Å². The molecule has 0 radical (unpaired) electrons. The van der Waals surface area contributed by atoms with Gasteiger partial charge in [0.25, 0.3) is 5.91 Å². The summed E-state index contributed by atoms with van der Waals surface area (Å²) >= 11 is 5.91. The number of para-hydroxylation sites is 1. The topological polar surface area (TPSA) is 41.6 Å². The van der Waals surface area contributed by atoms with Gasteiger partial charge in [0, 0.05) is 6.54 Å². The number of halogens is 1. The van der Waals surface area contributed by atoms with E-state index in [1.807, 2.05) is 26.2 Å². The summed E-state index contributed by atoms with van der Waals surface area (Å²) in [6.45, 7) is 1.60. The van der Waals surface area contributed by atoms with E-state index >= 15 is 0 Å². The molecule has 0 saturated heterocycles. The number of ether oxygens (including phenoxy) is 1. The van der Waals surface area contributed by atoms with Crippen molar-refractivity contribution in [2.75, 3.05) is 33.8 Å². The zero-order chi connectivity index (χ0) is 13.4. The third-order valence-electron chi connectivity index (χ3n) is 2.30. The Morgan fingerprint density at radius 2 is 2.11 bits per heavy atom. The van der Waals surface area contributed by atoms with Crippen molar-refractivity contribution in [3.05, 3.63) is 29.3 Å². The molecular formula is C13H19ClN2O2. The molecule has 1 N–H and O–H groups in total. The van der Waals surface area contributed by atoms with Crippen molar-refractivity contribution in [1.82, 2.24) is 10.2 Å². The molecule has 0 atom stereocenters. The first kappa shape index (κ1) is 14.8. The van der Waals surface area contributed by atoms with E-state index in [1.165, 1.54) is 0 Å². The van der Waals surface area contributed by atoms with E-state index in [0.29, 0.717) is 17.3 Å². The first-order chi connectivity index (χ1) is 8.59. The number of benzene rings is 1. The average molecular weight is 271 g/mol. The molecule has 1 amide bonds. The fourth-order valence-corrected chi connectivity index (χ4v) is 1.57. The number of amides is 1. The van der Waals surface area contributed by atoms with Gasteiger partial charge in [0.1, 0.15) is 5.75 Å². The van der Waals surface area contributed by atoms with Crippen LogP contribution in [-0.2, 0) is 4.79 Å². The van der Waals surface area contributed by atoms with Gasteiger partial charge in [-0.2, -0.15) is 0 Å². The van der Waals surface area contributed by atoms with Crippen LogP contribution in [0.4, 0.5) is 0 Å². The molecule has 5 heteroatoms. The summed E-state index contributed by atoms with van der Waals surface area (Å²) in [6.07, 6.45) is 0.921. The largest absolute Gasteiger partial charge is 0.482 e. The molecule has 0 aromatic heterocycles. The number of carbonyl (C=O) groups excluding carboxylic acids is 1. The fraction of sp³-hybridized carbons (Fsp3) is 0.462. The molecule has 0 fully saturated rings. The predicted molar refractivity (Wildman–Crippen MR) is 73.1 cm³/mol. The number of hydrogen-bond donors (Lipinski definition) is 1. The van der Waals surface area contributed by atoms with E-state index < -0.39 is 0 Å². The summed E-state index contributed by atoms with van der Waals surface area (Å²) in [5.41, 5.74) is 0. The molecular weight excluding hydrogens is 252 g/mol. The summed E-state index contributed by atoms with van der Waals surface area (Å²) < 4.78 is 5.32. The van der Waals surface area contributed by atoms with E-state index in [4.69, 9.17) is 16.3 Å². The minimum Gasteiger partial charge on any atom is -0.482 e. The van der Waals surface area contributed by atoms with Crippen molar-refractivity contribution < 1.29 is 9.53 Å². The van der Waals surface area contributed by atoms with Gasteiger partial charge in [-0.15, -0.1) is 0 Å². The van der Waals surface area contributed by atoms with E-state index in [2.05, 4.69) is 10.2 Å². The Kier molecular flexibility index (Phi) is 6.54. The zero-order valence-electron chi connectivity index (χ0n) is 10.8. The molecule has 100 valence electrons. The molecule has 0 aliphatic rings. The number of nitrogens with one attached hydrogen (secondary N) is 1. The Labute approximate surface area is 113 Å².